The lowest BCUT2D eigenvalue weighted by atomic mass is 9.46. The summed E-state index contributed by atoms with van der Waals surface area (Å²) in [6.45, 7) is 1.48. The molecule has 10 atom stereocenters. The number of likely N-dealkylation sites (tertiary alicyclic amines) is 1. The molecule has 4 bridgehead atoms. The smallest absolute Gasteiger partial charge is 0.326 e. The van der Waals surface area contributed by atoms with Gasteiger partial charge in [-0.15, -0.1) is 0 Å². The summed E-state index contributed by atoms with van der Waals surface area (Å²) in [5.74, 6) is 0.526. The van der Waals surface area contributed by atoms with Crippen molar-refractivity contribution >= 4 is 11.9 Å². The van der Waals surface area contributed by atoms with Crippen LogP contribution in [0.4, 0.5) is 0 Å². The van der Waals surface area contributed by atoms with Gasteiger partial charge < -0.3 is 26.2 Å². The first-order valence-corrected chi connectivity index (χ1v) is 11.3. The van der Waals surface area contributed by atoms with Crippen LogP contribution in [0.15, 0.2) is 0 Å². The molecule has 30 heavy (non-hydrogen) atoms. The van der Waals surface area contributed by atoms with Crippen LogP contribution in [0.2, 0.25) is 0 Å². The first-order valence-electron chi connectivity index (χ1n) is 11.3. The normalized spacial score (nSPS) is 46.0. The van der Waals surface area contributed by atoms with E-state index in [1.165, 1.54) is 6.92 Å². The summed E-state index contributed by atoms with van der Waals surface area (Å²) in [6, 6.07) is 0.348. The van der Waals surface area contributed by atoms with Gasteiger partial charge in [0.1, 0.15) is 17.7 Å². The van der Waals surface area contributed by atoms with Crippen molar-refractivity contribution in [2.24, 2.45) is 34.6 Å². The van der Waals surface area contributed by atoms with Crippen molar-refractivity contribution in [3.8, 4) is 6.07 Å². The molecule has 1 aliphatic heterocycles. The lowest BCUT2D eigenvalue weighted by Gasteiger charge is -2.62. The molecule has 164 valence electrons. The second kappa shape index (κ2) is 6.65. The van der Waals surface area contributed by atoms with Gasteiger partial charge in [0.2, 0.25) is 5.91 Å². The van der Waals surface area contributed by atoms with Gasteiger partial charge in [-0.3, -0.25) is 9.59 Å². The Morgan fingerprint density at radius 1 is 1.17 bits per heavy atom. The molecular formula is C22H32N4O4. The molecule has 0 radical (unpaired) electrons. The van der Waals surface area contributed by atoms with Crippen LogP contribution in [-0.4, -0.2) is 57.8 Å². The molecule has 8 nitrogen and oxygen atoms in total. The molecule has 6 aliphatic rings. The van der Waals surface area contributed by atoms with Gasteiger partial charge in [0.25, 0.3) is 0 Å². The standard InChI is InChI=1S/C22H32N4O4/c1-11(27)17(24)20(29)30-22-7-12-2-13(8-22)6-21(5-12,10-22)18(25)19(28)26-15(9-23)3-14-4-16(14)26/h11-18,27H,2-8,10,24-25H2,1H3/t11-,12-,13?,14?,15-,16?,17-,18+,21?,22?/m0/s1. The number of piperidine rings is 1. The van der Waals surface area contributed by atoms with Gasteiger partial charge in [0.15, 0.2) is 0 Å². The van der Waals surface area contributed by atoms with Gasteiger partial charge >= 0.3 is 5.97 Å². The third-order valence-corrected chi connectivity index (χ3v) is 8.60. The third kappa shape index (κ3) is 2.97. The number of rotatable bonds is 5. The zero-order valence-corrected chi connectivity index (χ0v) is 17.5. The summed E-state index contributed by atoms with van der Waals surface area (Å²) < 4.78 is 5.97. The van der Waals surface area contributed by atoms with Crippen LogP contribution >= 0.6 is 0 Å². The van der Waals surface area contributed by atoms with Gasteiger partial charge in [-0.2, -0.15) is 5.26 Å². The maximum atomic E-state index is 13.5. The number of nitrogens with zero attached hydrogens (tertiary/aromatic N) is 2. The molecule has 0 aromatic heterocycles. The van der Waals surface area contributed by atoms with Crippen LogP contribution in [0.5, 0.6) is 0 Å². The summed E-state index contributed by atoms with van der Waals surface area (Å²) in [5, 5.41) is 19.2. The Balaban J connectivity index is 1.38. The van der Waals surface area contributed by atoms with E-state index in [1.54, 1.807) is 4.90 Å². The number of hydrogen-bond donors (Lipinski definition) is 3. The van der Waals surface area contributed by atoms with E-state index in [0.29, 0.717) is 24.2 Å². The van der Waals surface area contributed by atoms with Crippen LogP contribution in [-0.2, 0) is 14.3 Å². The first kappa shape index (κ1) is 20.2. The van der Waals surface area contributed by atoms with E-state index < -0.39 is 35.2 Å². The number of hydrogen-bond acceptors (Lipinski definition) is 7. The van der Waals surface area contributed by atoms with E-state index in [-0.39, 0.29) is 18.0 Å². The molecule has 5 aliphatic carbocycles. The van der Waals surface area contributed by atoms with Crippen molar-refractivity contribution in [2.45, 2.75) is 94.2 Å². The maximum Gasteiger partial charge on any atom is 0.326 e. The predicted octanol–water partition coefficient (Wildman–Crippen LogP) is 0.417. The fourth-order valence-corrected chi connectivity index (χ4v) is 7.52. The fraction of sp³-hybridized carbons (Fsp3) is 0.864. The fourth-order valence-electron chi connectivity index (χ4n) is 7.52. The van der Waals surface area contributed by atoms with Crippen molar-refractivity contribution in [3.63, 3.8) is 0 Å². The predicted molar refractivity (Wildman–Crippen MR) is 106 cm³/mol. The number of nitriles is 1. The minimum absolute atomic E-state index is 0.101. The van der Waals surface area contributed by atoms with Gasteiger partial charge in [0.05, 0.1) is 18.2 Å². The molecule has 6 rings (SSSR count). The number of fused-ring (bicyclic) bond motifs is 1. The molecule has 1 amide bonds. The Kier molecular flexibility index (Phi) is 4.48. The monoisotopic (exact) mass is 416 g/mol. The zero-order chi connectivity index (χ0) is 21.4. The van der Waals surface area contributed by atoms with Crippen molar-refractivity contribution in [1.29, 1.82) is 5.26 Å². The second-order valence-electron chi connectivity index (χ2n) is 10.9. The van der Waals surface area contributed by atoms with Crippen LogP contribution in [0.1, 0.15) is 58.3 Å². The minimum Gasteiger partial charge on any atom is -0.458 e. The molecule has 0 aromatic carbocycles. The largest absolute Gasteiger partial charge is 0.458 e. The summed E-state index contributed by atoms with van der Waals surface area (Å²) in [7, 11) is 0. The summed E-state index contributed by atoms with van der Waals surface area (Å²) in [4.78, 5) is 27.8. The van der Waals surface area contributed by atoms with E-state index in [2.05, 4.69) is 6.07 Å². The number of aliphatic hydroxyl groups excluding tert-OH is 1. The van der Waals surface area contributed by atoms with Crippen LogP contribution in [0.25, 0.3) is 0 Å². The van der Waals surface area contributed by atoms with E-state index in [9.17, 15) is 20.0 Å². The highest BCUT2D eigenvalue weighted by atomic mass is 16.6. The Morgan fingerprint density at radius 3 is 2.43 bits per heavy atom. The number of carbonyl (C=O) groups is 2. The van der Waals surface area contributed by atoms with Gasteiger partial charge in [0, 0.05) is 6.04 Å². The molecule has 1 saturated heterocycles. The average Bonchev–Trinajstić information content (AvgIpc) is 3.34. The number of carbonyl (C=O) groups excluding carboxylic acids is 2. The molecule has 1 heterocycles. The molecule has 5 saturated carbocycles. The second-order valence-corrected chi connectivity index (χ2v) is 10.9. The molecule has 0 spiro atoms. The molecule has 8 heteroatoms. The highest BCUT2D eigenvalue weighted by Crippen LogP contribution is 2.64. The molecule has 5 N–H and O–H groups in total. The number of aliphatic hydroxyl groups is 1. The highest BCUT2D eigenvalue weighted by molar-refractivity contribution is 5.84. The summed E-state index contributed by atoms with van der Waals surface area (Å²) in [6.07, 6.45) is 5.71. The number of esters is 1. The quantitative estimate of drug-likeness (QED) is 0.551. The zero-order valence-electron chi connectivity index (χ0n) is 17.5. The number of ether oxygens (including phenoxy) is 1. The maximum absolute atomic E-state index is 13.5. The van der Waals surface area contributed by atoms with Crippen molar-refractivity contribution in [3.05, 3.63) is 0 Å². The Morgan fingerprint density at radius 2 is 1.83 bits per heavy atom. The number of amides is 1. The SMILES string of the molecule is C[C@H](O)[C@H](N)C(=O)OC12CC3C[C@H](C1)CC([C@H](N)C(=O)N1C4CC4C[C@H]1C#N)(C3)C2. The van der Waals surface area contributed by atoms with Gasteiger partial charge in [-0.1, -0.05) is 0 Å². The molecular weight excluding hydrogens is 384 g/mol. The third-order valence-electron chi connectivity index (χ3n) is 8.60. The van der Waals surface area contributed by atoms with Gasteiger partial charge in [-0.25, -0.2) is 0 Å². The highest BCUT2D eigenvalue weighted by Gasteiger charge is 2.64. The Bertz CT molecular complexity index is 793. The van der Waals surface area contributed by atoms with Crippen LogP contribution < -0.4 is 11.5 Å². The van der Waals surface area contributed by atoms with E-state index in [1.807, 2.05) is 0 Å². The molecule has 6 fully saturated rings. The topological polar surface area (TPSA) is 143 Å². The summed E-state index contributed by atoms with van der Waals surface area (Å²) >= 11 is 0. The lowest BCUT2D eigenvalue weighted by Crippen LogP contribution is -2.66. The average molecular weight is 417 g/mol. The van der Waals surface area contributed by atoms with E-state index in [4.69, 9.17) is 16.2 Å². The van der Waals surface area contributed by atoms with Crippen LogP contribution in [0, 0.1) is 34.5 Å². The summed E-state index contributed by atoms with van der Waals surface area (Å²) in [5.41, 5.74) is 11.5. The van der Waals surface area contributed by atoms with Crippen LogP contribution in [0.3, 0.4) is 0 Å². The molecule has 0 aromatic rings. The van der Waals surface area contributed by atoms with Crippen molar-refractivity contribution in [1.82, 2.24) is 4.90 Å². The van der Waals surface area contributed by atoms with E-state index >= 15 is 0 Å². The Hall–Kier alpha value is -1.69. The number of nitrogens with two attached hydrogens (primary N) is 2. The van der Waals surface area contributed by atoms with Gasteiger partial charge in [-0.05, 0) is 81.5 Å². The van der Waals surface area contributed by atoms with Crippen molar-refractivity contribution in [2.75, 3.05) is 0 Å². The van der Waals surface area contributed by atoms with E-state index in [0.717, 1.165) is 44.9 Å². The van der Waals surface area contributed by atoms with Crippen molar-refractivity contribution < 1.29 is 19.4 Å². The first-order chi connectivity index (χ1) is 14.2. The minimum atomic E-state index is -1.07. The Labute approximate surface area is 176 Å². The molecule has 5 unspecified atom stereocenters. The lowest BCUT2D eigenvalue weighted by molar-refractivity contribution is -0.208.